The summed E-state index contributed by atoms with van der Waals surface area (Å²) in [4.78, 5) is 13.6. The first kappa shape index (κ1) is 20.2. The molecule has 26 heavy (non-hydrogen) atoms. The number of benzene rings is 2. The first-order chi connectivity index (χ1) is 12.4. The molecule has 0 aliphatic rings. The van der Waals surface area contributed by atoms with Gasteiger partial charge in [0, 0.05) is 16.7 Å². The maximum absolute atomic E-state index is 12.3. The van der Waals surface area contributed by atoms with Crippen molar-refractivity contribution in [1.29, 1.82) is 0 Å². The Morgan fingerprint density at radius 3 is 2.19 bits per heavy atom. The highest BCUT2D eigenvalue weighted by molar-refractivity contribution is 8.15. The van der Waals surface area contributed by atoms with Gasteiger partial charge >= 0.3 is 6.09 Å². The Labute approximate surface area is 159 Å². The Kier molecular flexibility index (Phi) is 7.46. The molecule has 3 nitrogen and oxygen atoms in total. The average molecular weight is 372 g/mol. The van der Waals surface area contributed by atoms with Crippen LogP contribution in [0, 0.1) is 0 Å². The molecule has 0 radical (unpaired) electrons. The minimum absolute atomic E-state index is 0.00647. The highest BCUT2D eigenvalue weighted by Crippen LogP contribution is 2.27. The molecule has 2 atom stereocenters. The summed E-state index contributed by atoms with van der Waals surface area (Å²) in [7, 11) is -0.0334. The molecule has 0 saturated heterocycles. The van der Waals surface area contributed by atoms with Gasteiger partial charge in [-0.25, -0.2) is 4.79 Å². The zero-order valence-electron chi connectivity index (χ0n) is 16.1. The Bertz CT molecular complexity index is 721. The van der Waals surface area contributed by atoms with Crippen LogP contribution in [-0.4, -0.2) is 28.9 Å². The first-order valence-electron chi connectivity index (χ1n) is 8.95. The van der Waals surface area contributed by atoms with Gasteiger partial charge in [0.05, 0.1) is 0 Å². The molecule has 0 heterocycles. The average Bonchev–Trinajstić information content (AvgIpc) is 2.59. The van der Waals surface area contributed by atoms with E-state index >= 15 is 0 Å². The molecule has 0 saturated carbocycles. The van der Waals surface area contributed by atoms with Gasteiger partial charge in [0.25, 0.3) is 0 Å². The van der Waals surface area contributed by atoms with Gasteiger partial charge < -0.3 is 10.1 Å². The SMILES string of the molecule is C/C=S(\C[C@H](Cc1ccccc1)NC(=O)OC(C)(C)C)c1ccccc1. The normalized spacial score (nSPS) is 13.8. The Balaban J connectivity index is 2.15. The third-order valence-corrected chi connectivity index (χ3v) is 5.97. The number of ether oxygens (including phenoxy) is 1. The molecule has 2 rings (SSSR count). The standard InChI is InChI=1S/C22H29NO2S/c1-5-26(20-14-10-7-11-15-20)17-19(16-18-12-8-6-9-13-18)23-21(24)25-22(2,3)4/h5-15,19H,16-17H2,1-4H3,(H,23,24)/t19-,26?/m0/s1. The quantitative estimate of drug-likeness (QED) is 0.702. The third-order valence-electron chi connectivity index (χ3n) is 3.76. The summed E-state index contributed by atoms with van der Waals surface area (Å²) in [6, 6.07) is 20.7. The van der Waals surface area contributed by atoms with Crippen LogP contribution >= 0.6 is 10.5 Å². The lowest BCUT2D eigenvalue weighted by atomic mass is 10.1. The van der Waals surface area contributed by atoms with Crippen molar-refractivity contribution in [2.24, 2.45) is 0 Å². The summed E-state index contributed by atoms with van der Waals surface area (Å²) in [6.07, 6.45) is 0.427. The fraction of sp³-hybridized carbons (Fsp3) is 0.364. The number of nitrogens with one attached hydrogen (secondary N) is 1. The number of amides is 1. The first-order valence-corrected chi connectivity index (χ1v) is 10.4. The van der Waals surface area contributed by atoms with Crippen molar-refractivity contribution >= 4 is 21.9 Å². The maximum atomic E-state index is 12.3. The molecule has 0 fully saturated rings. The fourth-order valence-corrected chi connectivity index (χ4v) is 4.46. The largest absolute Gasteiger partial charge is 0.444 e. The van der Waals surface area contributed by atoms with E-state index in [0.29, 0.717) is 0 Å². The zero-order chi connectivity index (χ0) is 19.0. The van der Waals surface area contributed by atoms with Gasteiger partial charge in [-0.15, -0.1) is 0 Å². The van der Waals surface area contributed by atoms with E-state index in [0.717, 1.165) is 12.2 Å². The summed E-state index contributed by atoms with van der Waals surface area (Å²) < 4.78 is 5.47. The lowest BCUT2D eigenvalue weighted by Gasteiger charge is -2.25. The van der Waals surface area contributed by atoms with E-state index in [1.807, 2.05) is 45.0 Å². The third kappa shape index (κ3) is 7.04. The number of carbonyl (C=O) groups excluding carboxylic acids is 1. The number of carbonyl (C=O) groups is 1. The molecule has 1 N–H and O–H groups in total. The van der Waals surface area contributed by atoms with Gasteiger partial charge in [0.1, 0.15) is 5.60 Å². The lowest BCUT2D eigenvalue weighted by Crippen LogP contribution is -2.41. The van der Waals surface area contributed by atoms with Gasteiger partial charge in [0.2, 0.25) is 0 Å². The topological polar surface area (TPSA) is 38.3 Å². The van der Waals surface area contributed by atoms with Crippen LogP contribution in [0.2, 0.25) is 0 Å². The number of hydrogen-bond acceptors (Lipinski definition) is 2. The zero-order valence-corrected chi connectivity index (χ0v) is 16.9. The smallest absolute Gasteiger partial charge is 0.407 e. The van der Waals surface area contributed by atoms with E-state index in [-0.39, 0.29) is 22.6 Å². The van der Waals surface area contributed by atoms with Crippen LogP contribution in [-0.2, 0) is 11.2 Å². The predicted molar refractivity (Wildman–Crippen MR) is 112 cm³/mol. The molecule has 0 bridgehead atoms. The van der Waals surface area contributed by atoms with E-state index in [1.54, 1.807) is 0 Å². The molecule has 0 aliphatic carbocycles. The van der Waals surface area contributed by atoms with Crippen molar-refractivity contribution in [2.75, 3.05) is 5.75 Å². The molecule has 0 spiro atoms. The second-order valence-electron chi connectivity index (χ2n) is 7.18. The van der Waals surface area contributed by atoms with E-state index in [1.165, 1.54) is 10.5 Å². The Morgan fingerprint density at radius 2 is 1.65 bits per heavy atom. The summed E-state index contributed by atoms with van der Waals surface area (Å²) in [5.41, 5.74) is 0.709. The molecule has 4 heteroatoms. The van der Waals surface area contributed by atoms with Crippen LogP contribution in [0.5, 0.6) is 0 Å². The van der Waals surface area contributed by atoms with Crippen molar-refractivity contribution in [3.05, 3.63) is 66.2 Å². The van der Waals surface area contributed by atoms with Crippen LogP contribution in [0.3, 0.4) is 0 Å². The molecular weight excluding hydrogens is 342 g/mol. The van der Waals surface area contributed by atoms with Crippen LogP contribution in [0.25, 0.3) is 0 Å². The van der Waals surface area contributed by atoms with Gasteiger partial charge in [-0.1, -0.05) is 53.9 Å². The Morgan fingerprint density at radius 1 is 1.08 bits per heavy atom. The minimum atomic E-state index is -0.501. The molecule has 2 aromatic rings. The highest BCUT2D eigenvalue weighted by Gasteiger charge is 2.20. The van der Waals surface area contributed by atoms with Gasteiger partial charge in [-0.2, -0.15) is 10.5 Å². The fourth-order valence-electron chi connectivity index (χ4n) is 2.67. The molecular formula is C22H29NO2S. The highest BCUT2D eigenvalue weighted by atomic mass is 32.2. The van der Waals surface area contributed by atoms with Crippen LogP contribution in [0.1, 0.15) is 33.3 Å². The maximum Gasteiger partial charge on any atom is 0.407 e. The minimum Gasteiger partial charge on any atom is -0.444 e. The molecule has 0 aromatic heterocycles. The summed E-state index contributed by atoms with van der Waals surface area (Å²) in [5, 5.41) is 5.31. The molecule has 1 amide bonds. The molecule has 0 aliphatic heterocycles. The van der Waals surface area contributed by atoms with Crippen molar-refractivity contribution in [3.63, 3.8) is 0 Å². The van der Waals surface area contributed by atoms with Gasteiger partial charge in [-0.05, 0) is 51.8 Å². The number of alkyl carbamates (subject to hydrolysis) is 1. The van der Waals surface area contributed by atoms with Gasteiger partial charge in [0.15, 0.2) is 0 Å². The monoisotopic (exact) mass is 371 g/mol. The van der Waals surface area contributed by atoms with E-state index < -0.39 is 5.60 Å². The van der Waals surface area contributed by atoms with E-state index in [9.17, 15) is 4.79 Å². The lowest BCUT2D eigenvalue weighted by molar-refractivity contribution is 0.0509. The Hall–Kier alpha value is -2.07. The number of rotatable bonds is 6. The van der Waals surface area contributed by atoms with Crippen molar-refractivity contribution in [2.45, 2.75) is 50.7 Å². The summed E-state index contributed by atoms with van der Waals surface area (Å²) in [6.45, 7) is 7.73. The van der Waals surface area contributed by atoms with Crippen LogP contribution < -0.4 is 5.32 Å². The van der Waals surface area contributed by atoms with Crippen molar-refractivity contribution < 1.29 is 9.53 Å². The van der Waals surface area contributed by atoms with E-state index in [2.05, 4.69) is 54.0 Å². The second-order valence-corrected chi connectivity index (χ2v) is 9.31. The summed E-state index contributed by atoms with van der Waals surface area (Å²) >= 11 is 0. The van der Waals surface area contributed by atoms with Crippen LogP contribution in [0.4, 0.5) is 4.79 Å². The van der Waals surface area contributed by atoms with Gasteiger partial charge in [-0.3, -0.25) is 0 Å². The summed E-state index contributed by atoms with van der Waals surface area (Å²) in [5.74, 6) is 0.856. The molecule has 1 unspecified atom stereocenters. The number of hydrogen-bond donors (Lipinski definition) is 1. The second kappa shape index (κ2) is 9.58. The van der Waals surface area contributed by atoms with Crippen molar-refractivity contribution in [3.8, 4) is 0 Å². The van der Waals surface area contributed by atoms with Crippen molar-refractivity contribution in [1.82, 2.24) is 5.32 Å². The van der Waals surface area contributed by atoms with Crippen LogP contribution in [0.15, 0.2) is 65.6 Å². The molecule has 2 aromatic carbocycles. The predicted octanol–water partition coefficient (Wildman–Crippen LogP) is 5.27. The molecule has 140 valence electrons. The van der Waals surface area contributed by atoms with E-state index in [4.69, 9.17) is 4.74 Å².